The molecule has 2 aromatic heterocycles. The van der Waals surface area contributed by atoms with E-state index in [4.69, 9.17) is 4.74 Å². The molecule has 29 heavy (non-hydrogen) atoms. The second kappa shape index (κ2) is 8.03. The molecule has 0 aliphatic rings. The number of thiophene rings is 1. The minimum absolute atomic E-state index is 0.175. The number of amides is 1. The Bertz CT molecular complexity index is 1060. The number of alkyl halides is 3. The Labute approximate surface area is 167 Å². The third-order valence-corrected chi connectivity index (χ3v) is 4.93. The Hall–Kier alpha value is -3.21. The molecule has 0 aliphatic heterocycles. The molecule has 0 atom stereocenters. The lowest BCUT2D eigenvalue weighted by atomic mass is 10.1. The van der Waals surface area contributed by atoms with Crippen LogP contribution >= 0.6 is 11.3 Å². The number of aromatic nitrogens is 3. The molecule has 1 aromatic carbocycles. The molecule has 0 saturated heterocycles. The SMILES string of the molecule is CCOC(=O)c1sc(NC(=O)c2cn(-c3ccccc3C(F)(F)F)nn2)cc1C. The fourth-order valence-corrected chi connectivity index (χ4v) is 3.48. The number of nitrogens with zero attached hydrogens (tertiary/aromatic N) is 3. The summed E-state index contributed by atoms with van der Waals surface area (Å²) in [4.78, 5) is 24.6. The number of anilines is 1. The summed E-state index contributed by atoms with van der Waals surface area (Å²) in [6.45, 7) is 3.60. The van der Waals surface area contributed by atoms with Crippen molar-refractivity contribution in [2.24, 2.45) is 0 Å². The second-order valence-electron chi connectivity index (χ2n) is 5.86. The number of para-hydroxylation sites is 1. The molecule has 0 aliphatic carbocycles. The first-order valence-corrected chi connectivity index (χ1v) is 9.20. The normalized spacial score (nSPS) is 11.3. The number of hydrogen-bond acceptors (Lipinski definition) is 6. The summed E-state index contributed by atoms with van der Waals surface area (Å²) >= 11 is 1.03. The molecule has 11 heteroatoms. The van der Waals surface area contributed by atoms with Crippen LogP contribution in [0.4, 0.5) is 18.2 Å². The Morgan fingerprint density at radius 1 is 1.28 bits per heavy atom. The van der Waals surface area contributed by atoms with Gasteiger partial charge in [-0.1, -0.05) is 17.3 Å². The molecule has 1 N–H and O–H groups in total. The number of nitrogens with one attached hydrogen (secondary N) is 1. The Kier molecular flexibility index (Phi) is 5.69. The van der Waals surface area contributed by atoms with Gasteiger partial charge in [0.2, 0.25) is 0 Å². The highest BCUT2D eigenvalue weighted by molar-refractivity contribution is 7.18. The van der Waals surface area contributed by atoms with Crippen molar-refractivity contribution >= 4 is 28.2 Å². The van der Waals surface area contributed by atoms with E-state index in [-0.39, 0.29) is 18.0 Å². The zero-order valence-corrected chi connectivity index (χ0v) is 16.1. The van der Waals surface area contributed by atoms with Crippen molar-refractivity contribution in [1.82, 2.24) is 15.0 Å². The minimum atomic E-state index is -4.58. The molecule has 1 amide bonds. The lowest BCUT2D eigenvalue weighted by Crippen LogP contribution is -2.12. The van der Waals surface area contributed by atoms with Crippen molar-refractivity contribution < 1.29 is 27.5 Å². The van der Waals surface area contributed by atoms with Gasteiger partial charge in [0.1, 0.15) is 4.88 Å². The molecule has 3 aromatic rings. The number of halogens is 3. The Balaban J connectivity index is 1.81. The number of hydrogen-bond donors (Lipinski definition) is 1. The van der Waals surface area contributed by atoms with Gasteiger partial charge in [-0.2, -0.15) is 13.2 Å². The first kappa shape index (κ1) is 20.5. The van der Waals surface area contributed by atoms with Crippen LogP contribution < -0.4 is 5.32 Å². The molecular weight excluding hydrogens is 409 g/mol. The van der Waals surface area contributed by atoms with E-state index in [9.17, 15) is 22.8 Å². The number of esters is 1. The first-order chi connectivity index (χ1) is 13.7. The smallest absolute Gasteiger partial charge is 0.418 e. The average molecular weight is 424 g/mol. The predicted molar refractivity (Wildman–Crippen MR) is 99.3 cm³/mol. The molecule has 2 heterocycles. The van der Waals surface area contributed by atoms with Gasteiger partial charge in [-0.05, 0) is 37.6 Å². The van der Waals surface area contributed by atoms with Crippen molar-refractivity contribution in [1.29, 1.82) is 0 Å². The molecule has 0 saturated carbocycles. The van der Waals surface area contributed by atoms with E-state index in [2.05, 4.69) is 15.6 Å². The zero-order chi connectivity index (χ0) is 21.2. The van der Waals surface area contributed by atoms with Gasteiger partial charge in [-0.25, -0.2) is 9.48 Å². The number of aryl methyl sites for hydroxylation is 1. The van der Waals surface area contributed by atoms with Gasteiger partial charge in [0.15, 0.2) is 5.69 Å². The summed E-state index contributed by atoms with van der Waals surface area (Å²) in [7, 11) is 0. The van der Waals surface area contributed by atoms with Gasteiger partial charge < -0.3 is 10.1 Å². The number of ether oxygens (including phenoxy) is 1. The summed E-state index contributed by atoms with van der Waals surface area (Å²) in [6.07, 6.45) is -3.48. The number of benzene rings is 1. The lowest BCUT2D eigenvalue weighted by molar-refractivity contribution is -0.137. The maximum absolute atomic E-state index is 13.2. The molecular formula is C18H15F3N4O3S. The van der Waals surface area contributed by atoms with Crippen molar-refractivity contribution in [2.45, 2.75) is 20.0 Å². The highest BCUT2D eigenvalue weighted by atomic mass is 32.1. The molecule has 0 bridgehead atoms. The third kappa shape index (κ3) is 4.45. The van der Waals surface area contributed by atoms with Gasteiger partial charge in [-0.3, -0.25) is 4.79 Å². The summed E-state index contributed by atoms with van der Waals surface area (Å²) in [6, 6.07) is 6.43. The van der Waals surface area contributed by atoms with Gasteiger partial charge in [0.25, 0.3) is 5.91 Å². The van der Waals surface area contributed by atoms with Crippen molar-refractivity contribution in [2.75, 3.05) is 11.9 Å². The van der Waals surface area contributed by atoms with Crippen molar-refractivity contribution in [3.8, 4) is 5.69 Å². The number of carbonyl (C=O) groups excluding carboxylic acids is 2. The van der Waals surface area contributed by atoms with Crippen LogP contribution in [-0.2, 0) is 10.9 Å². The van der Waals surface area contributed by atoms with Crippen LogP contribution in [0, 0.1) is 6.92 Å². The van der Waals surface area contributed by atoms with E-state index < -0.39 is 23.6 Å². The van der Waals surface area contributed by atoms with Crippen LogP contribution in [0.3, 0.4) is 0 Å². The minimum Gasteiger partial charge on any atom is -0.462 e. The molecule has 0 unspecified atom stereocenters. The molecule has 7 nitrogen and oxygen atoms in total. The van der Waals surface area contributed by atoms with Crippen molar-refractivity contribution in [3.63, 3.8) is 0 Å². The monoisotopic (exact) mass is 424 g/mol. The molecule has 0 fully saturated rings. The summed E-state index contributed by atoms with van der Waals surface area (Å²) < 4.78 is 45.3. The van der Waals surface area contributed by atoms with E-state index in [1.54, 1.807) is 19.9 Å². The molecule has 3 rings (SSSR count). The lowest BCUT2D eigenvalue weighted by Gasteiger charge is -2.11. The highest BCUT2D eigenvalue weighted by Crippen LogP contribution is 2.33. The van der Waals surface area contributed by atoms with Gasteiger partial charge in [0.05, 0.1) is 29.1 Å². The zero-order valence-electron chi connectivity index (χ0n) is 15.3. The fraction of sp³-hybridized carbons (Fsp3) is 0.222. The van der Waals surface area contributed by atoms with Crippen LogP contribution in [0.15, 0.2) is 36.5 Å². The van der Waals surface area contributed by atoms with E-state index in [1.165, 1.54) is 18.2 Å². The van der Waals surface area contributed by atoms with Gasteiger partial charge >= 0.3 is 12.1 Å². The fourth-order valence-electron chi connectivity index (χ4n) is 2.52. The van der Waals surface area contributed by atoms with Crippen LogP contribution in [0.25, 0.3) is 5.69 Å². The summed E-state index contributed by atoms with van der Waals surface area (Å²) in [5, 5.41) is 10.2. The van der Waals surface area contributed by atoms with Crippen molar-refractivity contribution in [3.05, 3.63) is 58.2 Å². The summed E-state index contributed by atoms with van der Waals surface area (Å²) in [5.41, 5.74) is -0.690. The van der Waals surface area contributed by atoms with E-state index in [0.29, 0.717) is 15.4 Å². The first-order valence-electron chi connectivity index (χ1n) is 8.38. The largest absolute Gasteiger partial charge is 0.462 e. The van der Waals surface area contributed by atoms with Crippen LogP contribution in [0.2, 0.25) is 0 Å². The standard InChI is InChI=1S/C18H15F3N4O3S/c1-3-28-17(27)15-10(2)8-14(29-15)22-16(26)12-9-25(24-23-12)13-7-5-4-6-11(13)18(19,20)21/h4-9H,3H2,1-2H3,(H,22,26). The summed E-state index contributed by atoms with van der Waals surface area (Å²) in [5.74, 6) is -1.16. The van der Waals surface area contributed by atoms with Crippen LogP contribution in [0.5, 0.6) is 0 Å². The van der Waals surface area contributed by atoms with E-state index in [0.717, 1.165) is 28.3 Å². The average Bonchev–Trinajstić information content (AvgIpc) is 3.28. The van der Waals surface area contributed by atoms with Crippen LogP contribution in [0.1, 0.15) is 38.2 Å². The topological polar surface area (TPSA) is 86.1 Å². The number of rotatable bonds is 5. The molecule has 0 radical (unpaired) electrons. The highest BCUT2D eigenvalue weighted by Gasteiger charge is 2.34. The van der Waals surface area contributed by atoms with E-state index in [1.807, 2.05) is 0 Å². The van der Waals surface area contributed by atoms with E-state index >= 15 is 0 Å². The predicted octanol–water partition coefficient (Wildman–Crippen LogP) is 4.09. The Morgan fingerprint density at radius 2 is 2.00 bits per heavy atom. The Morgan fingerprint density at radius 3 is 2.69 bits per heavy atom. The number of carbonyl (C=O) groups is 2. The third-order valence-electron chi connectivity index (χ3n) is 3.80. The molecule has 152 valence electrons. The maximum atomic E-state index is 13.2. The second-order valence-corrected chi connectivity index (χ2v) is 6.91. The van der Waals surface area contributed by atoms with Crippen LogP contribution in [-0.4, -0.2) is 33.5 Å². The quantitative estimate of drug-likeness (QED) is 0.624. The van der Waals surface area contributed by atoms with Gasteiger partial charge in [-0.15, -0.1) is 16.4 Å². The van der Waals surface area contributed by atoms with Gasteiger partial charge in [0, 0.05) is 0 Å². The maximum Gasteiger partial charge on any atom is 0.418 e. The molecule has 0 spiro atoms.